The van der Waals surface area contributed by atoms with Crippen molar-refractivity contribution in [3.63, 3.8) is 0 Å². The van der Waals surface area contributed by atoms with Gasteiger partial charge in [0.1, 0.15) is 0 Å². The highest BCUT2D eigenvalue weighted by atomic mass is 16.5. The number of ether oxygens (including phenoxy) is 1. The molecule has 0 saturated heterocycles. The number of hydrogen-bond acceptors (Lipinski definition) is 6. The van der Waals surface area contributed by atoms with E-state index in [1.54, 1.807) is 48.9 Å². The van der Waals surface area contributed by atoms with Crippen molar-refractivity contribution in [3.05, 3.63) is 47.2 Å². The Balaban J connectivity index is 2.23. The van der Waals surface area contributed by atoms with Gasteiger partial charge in [0.25, 0.3) is 0 Å². The fraction of sp³-hybridized carbons (Fsp3) is 0.250. The smallest absolute Gasteiger partial charge is 0.339 e. The SMILES string of the molecule is CCOC(=O)c1cc(-c2ccc(C#N)cc2)nc2c1c(C)nn2CCC#N. The first-order valence-electron chi connectivity index (χ1n) is 8.51. The molecule has 0 unspecified atom stereocenters. The van der Waals surface area contributed by atoms with Crippen LogP contribution >= 0.6 is 0 Å². The summed E-state index contributed by atoms with van der Waals surface area (Å²) in [5, 5.41) is 22.9. The number of hydrogen-bond donors (Lipinski definition) is 0. The van der Waals surface area contributed by atoms with Crippen LogP contribution in [-0.2, 0) is 11.3 Å². The molecule has 3 rings (SSSR count). The van der Waals surface area contributed by atoms with Crippen LogP contribution in [0.1, 0.15) is 35.0 Å². The molecule has 0 spiro atoms. The first-order valence-corrected chi connectivity index (χ1v) is 8.51. The van der Waals surface area contributed by atoms with Gasteiger partial charge in [-0.3, -0.25) is 0 Å². The average molecular weight is 359 g/mol. The maximum absolute atomic E-state index is 12.5. The van der Waals surface area contributed by atoms with Crippen LogP contribution in [0.2, 0.25) is 0 Å². The lowest BCUT2D eigenvalue weighted by molar-refractivity contribution is 0.0528. The third-order valence-electron chi connectivity index (χ3n) is 4.12. The maximum Gasteiger partial charge on any atom is 0.339 e. The van der Waals surface area contributed by atoms with E-state index in [0.717, 1.165) is 5.56 Å². The zero-order valence-corrected chi connectivity index (χ0v) is 15.1. The van der Waals surface area contributed by atoms with Crippen molar-refractivity contribution in [1.82, 2.24) is 14.8 Å². The van der Waals surface area contributed by atoms with Crippen LogP contribution in [0.15, 0.2) is 30.3 Å². The second kappa shape index (κ2) is 7.67. The first kappa shape index (κ1) is 18.1. The van der Waals surface area contributed by atoms with Crippen molar-refractivity contribution in [2.75, 3.05) is 6.61 Å². The highest BCUT2D eigenvalue weighted by molar-refractivity contribution is 6.05. The Morgan fingerprint density at radius 2 is 2.00 bits per heavy atom. The van der Waals surface area contributed by atoms with Gasteiger partial charge in [0.05, 0.1) is 59.6 Å². The molecule has 3 aromatic rings. The summed E-state index contributed by atoms with van der Waals surface area (Å²) in [6, 6.07) is 12.8. The Labute approximate surface area is 156 Å². The first-order chi connectivity index (χ1) is 13.1. The largest absolute Gasteiger partial charge is 0.462 e. The molecule has 1 aromatic carbocycles. The van der Waals surface area contributed by atoms with E-state index < -0.39 is 5.97 Å². The number of aryl methyl sites for hydroxylation is 2. The summed E-state index contributed by atoms with van der Waals surface area (Å²) in [5.41, 5.74) is 3.47. The van der Waals surface area contributed by atoms with Gasteiger partial charge in [-0.2, -0.15) is 15.6 Å². The zero-order chi connectivity index (χ0) is 19.4. The van der Waals surface area contributed by atoms with Crippen molar-refractivity contribution in [2.45, 2.75) is 26.8 Å². The van der Waals surface area contributed by atoms with Crippen molar-refractivity contribution < 1.29 is 9.53 Å². The third kappa shape index (κ3) is 3.49. The van der Waals surface area contributed by atoms with Crippen LogP contribution in [0.4, 0.5) is 0 Å². The molecule has 2 heterocycles. The number of rotatable bonds is 5. The molecule has 0 aliphatic rings. The molecule has 0 amide bonds. The van der Waals surface area contributed by atoms with Gasteiger partial charge in [-0.1, -0.05) is 12.1 Å². The minimum Gasteiger partial charge on any atom is -0.462 e. The van der Waals surface area contributed by atoms with E-state index >= 15 is 0 Å². The van der Waals surface area contributed by atoms with Gasteiger partial charge in [-0.05, 0) is 32.0 Å². The third-order valence-corrected chi connectivity index (χ3v) is 4.12. The topological polar surface area (TPSA) is 105 Å². The van der Waals surface area contributed by atoms with Gasteiger partial charge >= 0.3 is 5.97 Å². The average Bonchev–Trinajstić information content (AvgIpc) is 3.01. The van der Waals surface area contributed by atoms with E-state index in [1.807, 2.05) is 0 Å². The summed E-state index contributed by atoms with van der Waals surface area (Å²) in [6.07, 6.45) is 0.285. The second-order valence-corrected chi connectivity index (χ2v) is 5.88. The summed E-state index contributed by atoms with van der Waals surface area (Å²) in [6.45, 7) is 4.20. The molecule has 0 atom stereocenters. The van der Waals surface area contributed by atoms with E-state index in [9.17, 15) is 4.79 Å². The van der Waals surface area contributed by atoms with Gasteiger partial charge in [-0.25, -0.2) is 14.5 Å². The van der Waals surface area contributed by atoms with Gasteiger partial charge in [0.2, 0.25) is 0 Å². The van der Waals surface area contributed by atoms with Crippen molar-refractivity contribution in [2.24, 2.45) is 0 Å². The molecule has 134 valence electrons. The lowest BCUT2D eigenvalue weighted by Crippen LogP contribution is -2.07. The second-order valence-electron chi connectivity index (χ2n) is 5.88. The molecule has 0 radical (unpaired) electrons. The number of nitrogens with zero attached hydrogens (tertiary/aromatic N) is 5. The molecule has 0 bridgehead atoms. The Morgan fingerprint density at radius 1 is 1.26 bits per heavy atom. The van der Waals surface area contributed by atoms with Gasteiger partial charge in [-0.15, -0.1) is 0 Å². The predicted octanol–water partition coefficient (Wildman–Crippen LogP) is 3.37. The van der Waals surface area contributed by atoms with E-state index in [4.69, 9.17) is 15.3 Å². The summed E-state index contributed by atoms with van der Waals surface area (Å²) in [5.74, 6) is -0.442. The Bertz CT molecular complexity index is 1080. The van der Waals surface area contributed by atoms with Gasteiger partial charge in [0, 0.05) is 5.56 Å². The monoisotopic (exact) mass is 359 g/mol. The molecule has 0 aliphatic heterocycles. The normalized spacial score (nSPS) is 10.4. The molecule has 7 nitrogen and oxygen atoms in total. The van der Waals surface area contributed by atoms with Crippen molar-refractivity contribution in [3.8, 4) is 23.4 Å². The number of benzene rings is 1. The number of carbonyl (C=O) groups excluding carboxylic acids is 1. The minimum atomic E-state index is -0.442. The van der Waals surface area contributed by atoms with Gasteiger partial charge < -0.3 is 4.74 Å². The van der Waals surface area contributed by atoms with E-state index in [1.165, 1.54) is 0 Å². The minimum absolute atomic E-state index is 0.260. The maximum atomic E-state index is 12.5. The number of esters is 1. The van der Waals surface area contributed by atoms with Crippen molar-refractivity contribution in [1.29, 1.82) is 10.5 Å². The summed E-state index contributed by atoms with van der Waals surface area (Å²) in [7, 11) is 0. The fourth-order valence-electron chi connectivity index (χ4n) is 2.90. The summed E-state index contributed by atoms with van der Waals surface area (Å²) in [4.78, 5) is 17.2. The molecule has 0 aliphatic carbocycles. The fourth-order valence-corrected chi connectivity index (χ4v) is 2.90. The lowest BCUT2D eigenvalue weighted by Gasteiger charge is -2.08. The molecule has 7 heteroatoms. The quantitative estimate of drug-likeness (QED) is 0.647. The number of pyridine rings is 1. The molecule has 27 heavy (non-hydrogen) atoms. The van der Waals surface area contributed by atoms with Crippen molar-refractivity contribution >= 4 is 17.0 Å². The van der Waals surface area contributed by atoms with Crippen LogP contribution in [0.5, 0.6) is 0 Å². The zero-order valence-electron chi connectivity index (χ0n) is 15.1. The number of carbonyl (C=O) groups is 1. The van der Waals surface area contributed by atoms with Crippen LogP contribution < -0.4 is 0 Å². The predicted molar refractivity (Wildman–Crippen MR) is 98.6 cm³/mol. The molecule has 0 saturated carbocycles. The Kier molecular flexibility index (Phi) is 5.14. The van der Waals surface area contributed by atoms with E-state index in [0.29, 0.717) is 40.1 Å². The Morgan fingerprint density at radius 3 is 2.63 bits per heavy atom. The summed E-state index contributed by atoms with van der Waals surface area (Å²) >= 11 is 0. The molecular formula is C20H17N5O2. The van der Waals surface area contributed by atoms with Crippen LogP contribution in [0.3, 0.4) is 0 Å². The molecule has 0 N–H and O–H groups in total. The standard InChI is InChI=1S/C20H17N5O2/c1-3-27-20(26)16-11-17(15-7-5-14(12-22)6-8-15)23-19-18(16)13(2)24-25(19)10-4-9-21/h5-8,11H,3-4,10H2,1-2H3. The highest BCUT2D eigenvalue weighted by Crippen LogP contribution is 2.28. The number of nitriles is 2. The highest BCUT2D eigenvalue weighted by Gasteiger charge is 2.21. The molecule has 0 fully saturated rings. The van der Waals surface area contributed by atoms with E-state index in [-0.39, 0.29) is 13.0 Å². The Hall–Kier alpha value is -3.71. The molecular weight excluding hydrogens is 342 g/mol. The lowest BCUT2D eigenvalue weighted by atomic mass is 10.0. The van der Waals surface area contributed by atoms with E-state index in [2.05, 4.69) is 22.2 Å². The molecule has 2 aromatic heterocycles. The number of fused-ring (bicyclic) bond motifs is 1. The van der Waals surface area contributed by atoms with Crippen LogP contribution in [0.25, 0.3) is 22.3 Å². The number of aromatic nitrogens is 3. The van der Waals surface area contributed by atoms with Gasteiger partial charge in [0.15, 0.2) is 5.65 Å². The summed E-state index contributed by atoms with van der Waals surface area (Å²) < 4.78 is 6.85. The van der Waals surface area contributed by atoms with Crippen LogP contribution in [-0.4, -0.2) is 27.3 Å². The van der Waals surface area contributed by atoms with Crippen LogP contribution in [0, 0.1) is 29.6 Å².